The summed E-state index contributed by atoms with van der Waals surface area (Å²) in [6.45, 7) is 11.9. The van der Waals surface area contributed by atoms with Crippen LogP contribution in [-0.4, -0.2) is 96.7 Å². The second-order valence-electron chi connectivity index (χ2n) is 30.6. The Labute approximate surface area is 613 Å². The maximum absolute atomic E-state index is 13.1. The molecule has 0 saturated carbocycles. The van der Waals surface area contributed by atoms with Crippen LogP contribution in [0.15, 0.2) is 0 Å². The lowest BCUT2D eigenvalue weighted by atomic mass is 10.0. The molecule has 0 rings (SSSR count). The number of ether oxygens (including phenoxy) is 4. The van der Waals surface area contributed by atoms with Crippen LogP contribution < -0.4 is 0 Å². The van der Waals surface area contributed by atoms with Crippen LogP contribution in [-0.2, 0) is 65.4 Å². The first-order valence-electron chi connectivity index (χ1n) is 41.8. The molecule has 0 fully saturated rings. The van der Waals surface area contributed by atoms with E-state index < -0.39 is 97.5 Å². The Bertz CT molecular complexity index is 1940. The van der Waals surface area contributed by atoms with E-state index in [4.69, 9.17) is 37.0 Å². The van der Waals surface area contributed by atoms with Gasteiger partial charge in [-0.2, -0.15) is 0 Å². The maximum Gasteiger partial charge on any atom is 0.472 e. The Balaban J connectivity index is 5.20. The minimum absolute atomic E-state index is 0.104. The van der Waals surface area contributed by atoms with Gasteiger partial charge in [-0.05, 0) is 43.4 Å². The van der Waals surface area contributed by atoms with Gasteiger partial charge in [-0.1, -0.05) is 370 Å². The molecule has 3 N–H and O–H groups in total. The molecule has 0 radical (unpaired) electrons. The number of hydrogen-bond donors (Lipinski definition) is 3. The number of hydrogen-bond acceptors (Lipinski definition) is 15. The van der Waals surface area contributed by atoms with Crippen molar-refractivity contribution in [2.75, 3.05) is 39.6 Å². The molecular weight excluding hydrogens is 1310 g/mol. The minimum Gasteiger partial charge on any atom is -0.462 e. The van der Waals surface area contributed by atoms with Crippen LogP contribution in [0.3, 0.4) is 0 Å². The zero-order chi connectivity index (χ0) is 73.7. The summed E-state index contributed by atoms with van der Waals surface area (Å²) >= 11 is 0. The van der Waals surface area contributed by atoms with E-state index in [0.717, 1.165) is 108 Å². The second-order valence-corrected chi connectivity index (χ2v) is 33.5. The lowest BCUT2D eigenvalue weighted by Crippen LogP contribution is -2.30. The van der Waals surface area contributed by atoms with Crippen molar-refractivity contribution in [3.63, 3.8) is 0 Å². The number of phosphoric ester groups is 2. The Morgan fingerprint density at radius 3 is 0.680 bits per heavy atom. The summed E-state index contributed by atoms with van der Waals surface area (Å²) < 4.78 is 68.6. The van der Waals surface area contributed by atoms with Crippen molar-refractivity contribution in [1.82, 2.24) is 0 Å². The van der Waals surface area contributed by atoms with Crippen LogP contribution in [0.2, 0.25) is 0 Å². The molecule has 0 spiro atoms. The zero-order valence-corrected chi connectivity index (χ0v) is 67.5. The molecule has 0 heterocycles. The van der Waals surface area contributed by atoms with Crippen molar-refractivity contribution >= 4 is 39.5 Å². The molecule has 0 aliphatic carbocycles. The third-order valence-corrected chi connectivity index (χ3v) is 20.8. The van der Waals surface area contributed by atoms with E-state index in [2.05, 4.69) is 48.5 Å². The molecule has 100 heavy (non-hydrogen) atoms. The summed E-state index contributed by atoms with van der Waals surface area (Å²) in [4.78, 5) is 72.9. The topological polar surface area (TPSA) is 237 Å². The predicted octanol–water partition coefficient (Wildman–Crippen LogP) is 24.1. The molecule has 0 aromatic heterocycles. The van der Waals surface area contributed by atoms with E-state index in [1.165, 1.54) is 225 Å². The van der Waals surface area contributed by atoms with Gasteiger partial charge < -0.3 is 33.8 Å². The molecule has 0 aromatic carbocycles. The molecule has 0 aliphatic rings. The van der Waals surface area contributed by atoms with Crippen LogP contribution in [0.1, 0.15) is 421 Å². The van der Waals surface area contributed by atoms with Gasteiger partial charge in [-0.25, -0.2) is 9.13 Å². The third kappa shape index (κ3) is 74.3. The molecule has 0 bridgehead atoms. The van der Waals surface area contributed by atoms with E-state index in [1.807, 2.05) is 0 Å². The van der Waals surface area contributed by atoms with Crippen LogP contribution in [0, 0.1) is 17.8 Å². The number of rotatable bonds is 79. The number of aliphatic hydroxyl groups is 1. The fourth-order valence-electron chi connectivity index (χ4n) is 12.5. The molecule has 0 aliphatic heterocycles. The Hall–Kier alpha value is -1.94. The molecule has 5 atom stereocenters. The van der Waals surface area contributed by atoms with E-state index in [-0.39, 0.29) is 25.7 Å². The average Bonchev–Trinajstić information content (AvgIpc) is 0.971. The molecule has 2 unspecified atom stereocenters. The number of phosphoric acid groups is 2. The highest BCUT2D eigenvalue weighted by molar-refractivity contribution is 7.47. The SMILES string of the molecule is CCCCCCCCCCCCCCCCCCCCC(=O)OC[C@H](COP(=O)(O)OC[C@@H](O)COP(=O)(O)OC[C@@H](COC(=O)CCCCCCCCCC(C)C)OC(=O)CCCCCCCCCCC(C)C)OC(=O)CCCCCCCCCCCCCCCCCCCCC(C)C. The van der Waals surface area contributed by atoms with Crippen molar-refractivity contribution in [3.05, 3.63) is 0 Å². The summed E-state index contributed by atoms with van der Waals surface area (Å²) in [5, 5.41) is 10.6. The van der Waals surface area contributed by atoms with Gasteiger partial charge in [0, 0.05) is 25.7 Å². The van der Waals surface area contributed by atoms with Gasteiger partial charge in [0.2, 0.25) is 0 Å². The van der Waals surface area contributed by atoms with Gasteiger partial charge in [0.05, 0.1) is 26.4 Å². The Morgan fingerprint density at radius 2 is 0.460 bits per heavy atom. The number of aliphatic hydroxyl groups excluding tert-OH is 1. The maximum atomic E-state index is 13.1. The molecular formula is C81H158O17P2. The highest BCUT2D eigenvalue weighted by atomic mass is 31.2. The van der Waals surface area contributed by atoms with Crippen LogP contribution in [0.4, 0.5) is 0 Å². The fraction of sp³-hybridized carbons (Fsp3) is 0.951. The Kier molecular flexibility index (Phi) is 69.9. The highest BCUT2D eigenvalue weighted by Crippen LogP contribution is 2.45. The second kappa shape index (κ2) is 71.3. The third-order valence-electron chi connectivity index (χ3n) is 18.9. The number of carbonyl (C=O) groups excluding carboxylic acids is 4. The van der Waals surface area contributed by atoms with Crippen LogP contribution >= 0.6 is 15.6 Å². The summed E-state index contributed by atoms with van der Waals surface area (Å²) in [6.07, 6.45) is 60.0. The van der Waals surface area contributed by atoms with Crippen LogP contribution in [0.25, 0.3) is 0 Å². The highest BCUT2D eigenvalue weighted by Gasteiger charge is 2.30. The first-order valence-corrected chi connectivity index (χ1v) is 44.8. The molecule has 19 heteroatoms. The molecule has 0 saturated heterocycles. The van der Waals surface area contributed by atoms with E-state index in [9.17, 15) is 43.2 Å². The first kappa shape index (κ1) is 98.1. The summed E-state index contributed by atoms with van der Waals surface area (Å²) in [6, 6.07) is 0. The fourth-order valence-corrected chi connectivity index (χ4v) is 14.1. The zero-order valence-electron chi connectivity index (χ0n) is 65.7. The summed E-state index contributed by atoms with van der Waals surface area (Å²) in [5.41, 5.74) is 0. The normalized spacial score (nSPS) is 14.0. The van der Waals surface area contributed by atoms with Crippen LogP contribution in [0.5, 0.6) is 0 Å². The standard InChI is InChI=1S/C81H158O17P2/c1-8-9-10-11-12-13-14-15-16-17-21-24-27-30-33-41-48-55-62-78(83)91-68-76(97-80(85)64-57-50-42-34-31-28-25-22-19-18-20-23-26-29-32-38-45-52-59-72(2)3)70-95-99(87,88)93-66-75(82)67-94-100(89,90)96-71-77(69-92-79(84)63-56-49-44-37-40-47-54-61-74(6)7)98-81(86)65-58-51-43-36-35-39-46-53-60-73(4)5/h72-77,82H,8-71H2,1-7H3,(H,87,88)(H,89,90)/t75-,76-,77-/m1/s1. The molecule has 0 amide bonds. The van der Waals surface area contributed by atoms with E-state index in [0.29, 0.717) is 31.6 Å². The minimum atomic E-state index is -4.96. The first-order chi connectivity index (χ1) is 48.2. The van der Waals surface area contributed by atoms with Gasteiger partial charge in [0.1, 0.15) is 19.3 Å². The van der Waals surface area contributed by atoms with Gasteiger partial charge in [-0.3, -0.25) is 37.3 Å². The lowest BCUT2D eigenvalue weighted by molar-refractivity contribution is -0.161. The number of unbranched alkanes of at least 4 members (excludes halogenated alkanes) is 47. The van der Waals surface area contributed by atoms with Gasteiger partial charge >= 0.3 is 39.5 Å². The van der Waals surface area contributed by atoms with Crippen molar-refractivity contribution < 1.29 is 80.2 Å². The molecule has 594 valence electrons. The lowest BCUT2D eigenvalue weighted by Gasteiger charge is -2.21. The van der Waals surface area contributed by atoms with Crippen molar-refractivity contribution in [3.8, 4) is 0 Å². The number of carbonyl (C=O) groups is 4. The van der Waals surface area contributed by atoms with Crippen molar-refractivity contribution in [2.24, 2.45) is 17.8 Å². The van der Waals surface area contributed by atoms with Gasteiger partial charge in [0.15, 0.2) is 12.2 Å². The predicted molar refractivity (Wildman–Crippen MR) is 409 cm³/mol. The van der Waals surface area contributed by atoms with E-state index >= 15 is 0 Å². The quantitative estimate of drug-likeness (QED) is 0.0222. The van der Waals surface area contributed by atoms with Crippen molar-refractivity contribution in [1.29, 1.82) is 0 Å². The number of esters is 4. The van der Waals surface area contributed by atoms with Gasteiger partial charge in [-0.15, -0.1) is 0 Å². The average molecular weight is 1470 g/mol. The largest absolute Gasteiger partial charge is 0.472 e. The van der Waals surface area contributed by atoms with E-state index in [1.54, 1.807) is 0 Å². The monoisotopic (exact) mass is 1470 g/mol. The summed E-state index contributed by atoms with van der Waals surface area (Å²) in [5.74, 6) is 0.129. The molecule has 17 nitrogen and oxygen atoms in total. The summed E-state index contributed by atoms with van der Waals surface area (Å²) in [7, 11) is -9.92. The van der Waals surface area contributed by atoms with Crippen molar-refractivity contribution in [2.45, 2.75) is 439 Å². The smallest absolute Gasteiger partial charge is 0.462 e. The van der Waals surface area contributed by atoms with Gasteiger partial charge in [0.25, 0.3) is 0 Å². The molecule has 0 aromatic rings. The Morgan fingerprint density at radius 1 is 0.270 bits per heavy atom.